The number of phenols is 2. The Morgan fingerprint density at radius 3 is 1.38 bits per heavy atom. The molecule has 5 heteroatoms. The molecule has 0 aliphatic rings. The predicted octanol–water partition coefficient (Wildman–Crippen LogP) is 4.28. The fraction of sp³-hybridized carbons (Fsp3) is 0. The fourth-order valence-corrected chi connectivity index (χ4v) is 2.66. The lowest BCUT2D eigenvalue weighted by molar-refractivity contribution is 0.477. The van der Waals surface area contributed by atoms with Crippen LogP contribution >= 0.6 is 0 Å². The van der Waals surface area contributed by atoms with Crippen LogP contribution in [-0.2, 0) is 0 Å². The van der Waals surface area contributed by atoms with Gasteiger partial charge in [0.1, 0.15) is 11.5 Å². The molecule has 0 unspecified atom stereocenters. The molecule has 0 spiro atoms. The molecule has 1 aromatic heterocycles. The van der Waals surface area contributed by atoms with Crippen molar-refractivity contribution in [3.05, 3.63) is 78.9 Å². The summed E-state index contributed by atoms with van der Waals surface area (Å²) < 4.78 is 0. The number of benzene rings is 3. The van der Waals surface area contributed by atoms with Gasteiger partial charge in [0, 0.05) is 5.56 Å². The van der Waals surface area contributed by atoms with E-state index in [-0.39, 0.29) is 11.5 Å². The first-order valence-corrected chi connectivity index (χ1v) is 8.10. The van der Waals surface area contributed by atoms with Crippen molar-refractivity contribution < 1.29 is 10.2 Å². The van der Waals surface area contributed by atoms with Crippen molar-refractivity contribution in [3.8, 4) is 45.7 Å². The van der Waals surface area contributed by atoms with E-state index >= 15 is 0 Å². The van der Waals surface area contributed by atoms with Crippen LogP contribution in [0.2, 0.25) is 0 Å². The van der Waals surface area contributed by atoms with Crippen LogP contribution in [0.25, 0.3) is 34.2 Å². The maximum Gasteiger partial charge on any atom is 0.167 e. The maximum atomic E-state index is 10.2. The van der Waals surface area contributed by atoms with Crippen LogP contribution in [-0.4, -0.2) is 25.2 Å². The Kier molecular flexibility index (Phi) is 4.03. The second-order valence-electron chi connectivity index (χ2n) is 5.71. The third kappa shape index (κ3) is 2.98. The van der Waals surface area contributed by atoms with Crippen molar-refractivity contribution in [1.29, 1.82) is 0 Å². The van der Waals surface area contributed by atoms with Gasteiger partial charge in [-0.15, -0.1) is 0 Å². The number of para-hydroxylation sites is 2. The van der Waals surface area contributed by atoms with Gasteiger partial charge in [-0.3, -0.25) is 0 Å². The summed E-state index contributed by atoms with van der Waals surface area (Å²) in [6, 6.07) is 23.3. The summed E-state index contributed by atoms with van der Waals surface area (Å²) in [5.41, 5.74) is 1.83. The van der Waals surface area contributed by atoms with Crippen LogP contribution in [0, 0.1) is 0 Å². The van der Waals surface area contributed by atoms with E-state index in [1.165, 1.54) is 0 Å². The summed E-state index contributed by atoms with van der Waals surface area (Å²) in [5, 5.41) is 20.4. The maximum absolute atomic E-state index is 10.2. The molecule has 0 saturated carbocycles. The molecule has 0 aliphatic heterocycles. The first kappa shape index (κ1) is 15.8. The topological polar surface area (TPSA) is 79.1 Å². The Labute approximate surface area is 150 Å². The minimum absolute atomic E-state index is 0.0842. The minimum atomic E-state index is 0.0842. The van der Waals surface area contributed by atoms with Crippen molar-refractivity contribution in [3.63, 3.8) is 0 Å². The first-order valence-electron chi connectivity index (χ1n) is 8.10. The number of aromatic nitrogens is 3. The van der Waals surface area contributed by atoms with Gasteiger partial charge in [0.05, 0.1) is 11.1 Å². The van der Waals surface area contributed by atoms with E-state index in [9.17, 15) is 10.2 Å². The van der Waals surface area contributed by atoms with E-state index < -0.39 is 0 Å². The minimum Gasteiger partial charge on any atom is -0.507 e. The number of aromatic hydroxyl groups is 2. The number of hydrogen-bond acceptors (Lipinski definition) is 5. The average Bonchev–Trinajstić information content (AvgIpc) is 2.69. The first-order chi connectivity index (χ1) is 12.7. The monoisotopic (exact) mass is 341 g/mol. The highest BCUT2D eigenvalue weighted by Crippen LogP contribution is 2.31. The van der Waals surface area contributed by atoms with Gasteiger partial charge in [-0.05, 0) is 24.3 Å². The zero-order chi connectivity index (χ0) is 17.9. The van der Waals surface area contributed by atoms with Gasteiger partial charge in [0.15, 0.2) is 17.5 Å². The highest BCUT2D eigenvalue weighted by atomic mass is 16.3. The van der Waals surface area contributed by atoms with Gasteiger partial charge in [-0.2, -0.15) is 0 Å². The zero-order valence-electron chi connectivity index (χ0n) is 13.7. The summed E-state index contributed by atoms with van der Waals surface area (Å²) in [7, 11) is 0. The number of nitrogens with zero attached hydrogens (tertiary/aromatic N) is 3. The van der Waals surface area contributed by atoms with Crippen LogP contribution in [0.15, 0.2) is 78.9 Å². The molecule has 26 heavy (non-hydrogen) atoms. The number of phenolic OH excluding ortho intramolecular Hbond substituents is 2. The second-order valence-corrected chi connectivity index (χ2v) is 5.71. The summed E-state index contributed by atoms with van der Waals surface area (Å²) in [5.74, 6) is 1.32. The van der Waals surface area contributed by atoms with Crippen molar-refractivity contribution in [2.24, 2.45) is 0 Å². The van der Waals surface area contributed by atoms with Crippen molar-refractivity contribution in [1.82, 2.24) is 15.0 Å². The van der Waals surface area contributed by atoms with Crippen molar-refractivity contribution in [2.75, 3.05) is 0 Å². The average molecular weight is 341 g/mol. The lowest BCUT2D eigenvalue weighted by atomic mass is 10.1. The van der Waals surface area contributed by atoms with E-state index in [0.717, 1.165) is 5.56 Å². The highest BCUT2D eigenvalue weighted by Gasteiger charge is 2.15. The molecule has 0 saturated heterocycles. The number of hydrogen-bond donors (Lipinski definition) is 2. The summed E-state index contributed by atoms with van der Waals surface area (Å²) in [4.78, 5) is 13.5. The van der Waals surface area contributed by atoms with Crippen molar-refractivity contribution >= 4 is 0 Å². The molecule has 1 heterocycles. The Balaban J connectivity index is 1.97. The van der Waals surface area contributed by atoms with E-state index in [1.807, 2.05) is 30.3 Å². The molecule has 4 aromatic rings. The van der Waals surface area contributed by atoms with Gasteiger partial charge in [-0.1, -0.05) is 54.6 Å². The molecular formula is C21H15N3O2. The Morgan fingerprint density at radius 1 is 0.462 bits per heavy atom. The van der Waals surface area contributed by atoms with Gasteiger partial charge >= 0.3 is 0 Å². The third-order valence-corrected chi connectivity index (χ3v) is 3.96. The molecule has 5 nitrogen and oxygen atoms in total. The molecule has 0 radical (unpaired) electrons. The van der Waals surface area contributed by atoms with Crippen LogP contribution in [0.1, 0.15) is 0 Å². The largest absolute Gasteiger partial charge is 0.507 e. The van der Waals surface area contributed by atoms with Crippen LogP contribution in [0.5, 0.6) is 11.5 Å². The lowest BCUT2D eigenvalue weighted by Gasteiger charge is -2.09. The molecular weight excluding hydrogens is 326 g/mol. The summed E-state index contributed by atoms with van der Waals surface area (Å²) >= 11 is 0. The molecule has 3 aromatic carbocycles. The molecule has 0 aliphatic carbocycles. The SMILES string of the molecule is Oc1ccccc1-c1nc(-c2ccccc2)nc(-c2ccccc2O)n1. The molecule has 0 fully saturated rings. The standard InChI is InChI=1S/C21H15N3O2/c25-17-12-6-4-10-15(17)20-22-19(14-8-2-1-3-9-14)23-21(24-20)16-11-5-7-13-18(16)26/h1-13,25-26H. The summed E-state index contributed by atoms with van der Waals surface area (Å²) in [6.07, 6.45) is 0. The van der Waals surface area contributed by atoms with Crippen LogP contribution in [0.4, 0.5) is 0 Å². The smallest absolute Gasteiger partial charge is 0.167 e. The highest BCUT2D eigenvalue weighted by molar-refractivity contribution is 5.71. The molecule has 4 rings (SSSR count). The second kappa shape index (κ2) is 6.64. The molecule has 0 amide bonds. The molecule has 0 atom stereocenters. The Bertz CT molecular complexity index is 1000. The van der Waals surface area contributed by atoms with Crippen molar-refractivity contribution in [2.45, 2.75) is 0 Å². The molecule has 0 bridgehead atoms. The quantitative estimate of drug-likeness (QED) is 0.581. The van der Waals surface area contributed by atoms with E-state index in [4.69, 9.17) is 0 Å². The van der Waals surface area contributed by atoms with Gasteiger partial charge in [-0.25, -0.2) is 15.0 Å². The van der Waals surface area contributed by atoms with E-state index in [0.29, 0.717) is 28.6 Å². The van der Waals surface area contributed by atoms with Gasteiger partial charge < -0.3 is 10.2 Å². The Morgan fingerprint density at radius 2 is 0.885 bits per heavy atom. The Hall–Kier alpha value is -3.73. The normalized spacial score (nSPS) is 10.6. The predicted molar refractivity (Wildman–Crippen MR) is 99.5 cm³/mol. The zero-order valence-corrected chi connectivity index (χ0v) is 13.7. The van der Waals surface area contributed by atoms with Gasteiger partial charge in [0.25, 0.3) is 0 Å². The third-order valence-electron chi connectivity index (χ3n) is 3.96. The molecule has 126 valence electrons. The lowest BCUT2D eigenvalue weighted by Crippen LogP contribution is -2.00. The van der Waals surface area contributed by atoms with Gasteiger partial charge in [0.2, 0.25) is 0 Å². The number of rotatable bonds is 3. The fourth-order valence-electron chi connectivity index (χ4n) is 2.66. The van der Waals surface area contributed by atoms with Crippen LogP contribution in [0.3, 0.4) is 0 Å². The molecule has 2 N–H and O–H groups in total. The summed E-state index contributed by atoms with van der Waals surface area (Å²) in [6.45, 7) is 0. The van der Waals surface area contributed by atoms with E-state index in [1.54, 1.807) is 48.5 Å². The van der Waals surface area contributed by atoms with Crippen LogP contribution < -0.4 is 0 Å². The van der Waals surface area contributed by atoms with E-state index in [2.05, 4.69) is 15.0 Å².